The van der Waals surface area contributed by atoms with Crippen LogP contribution in [0, 0.1) is 12.8 Å². The highest BCUT2D eigenvalue weighted by molar-refractivity contribution is 6.31. The number of fused-ring (bicyclic) bond motifs is 1. The summed E-state index contributed by atoms with van der Waals surface area (Å²) in [5.41, 5.74) is 3.83. The Hall–Kier alpha value is -0.690. The largest absolute Gasteiger partial charge is 0.384 e. The monoisotopic (exact) mass is 209 g/mol. The number of halogens is 1. The normalized spacial score (nSPS) is 20.1. The Morgan fingerprint density at radius 1 is 1.50 bits per heavy atom. The zero-order valence-electron chi connectivity index (χ0n) is 8.73. The lowest BCUT2D eigenvalue weighted by Gasteiger charge is -2.25. The van der Waals surface area contributed by atoms with Crippen molar-refractivity contribution in [2.45, 2.75) is 26.7 Å². The molecule has 0 amide bonds. The highest BCUT2D eigenvalue weighted by Gasteiger charge is 2.17. The van der Waals surface area contributed by atoms with Crippen LogP contribution >= 0.6 is 11.6 Å². The average molecular weight is 210 g/mol. The number of benzene rings is 1. The minimum Gasteiger partial charge on any atom is -0.384 e. The van der Waals surface area contributed by atoms with Crippen molar-refractivity contribution in [3.05, 3.63) is 28.3 Å². The third-order valence-electron chi connectivity index (χ3n) is 3.05. The lowest BCUT2D eigenvalue weighted by Crippen LogP contribution is -2.22. The van der Waals surface area contributed by atoms with E-state index in [9.17, 15) is 0 Å². The molecule has 0 saturated carbocycles. The summed E-state index contributed by atoms with van der Waals surface area (Å²) in [5.74, 6) is 0.781. The minimum absolute atomic E-state index is 0.781. The van der Waals surface area contributed by atoms with Gasteiger partial charge < -0.3 is 5.32 Å². The van der Waals surface area contributed by atoms with Gasteiger partial charge in [0.05, 0.1) is 0 Å². The molecule has 1 aliphatic rings. The smallest absolute Gasteiger partial charge is 0.0455 e. The molecule has 2 rings (SSSR count). The second kappa shape index (κ2) is 3.82. The predicted octanol–water partition coefficient (Wildman–Crippen LogP) is 3.64. The fraction of sp³-hybridized carbons (Fsp3) is 0.500. The zero-order chi connectivity index (χ0) is 10.1. The maximum Gasteiger partial charge on any atom is 0.0455 e. The van der Waals surface area contributed by atoms with Gasteiger partial charge in [-0.25, -0.2) is 0 Å². The maximum absolute atomic E-state index is 6.08. The minimum atomic E-state index is 0.781. The molecule has 0 spiro atoms. The molecule has 1 nitrogen and oxygen atoms in total. The van der Waals surface area contributed by atoms with Crippen LogP contribution < -0.4 is 5.32 Å². The van der Waals surface area contributed by atoms with Gasteiger partial charge in [0.25, 0.3) is 0 Å². The summed E-state index contributed by atoms with van der Waals surface area (Å²) in [6, 6.07) is 4.27. The number of rotatable bonds is 1. The van der Waals surface area contributed by atoms with Crippen LogP contribution in [0.4, 0.5) is 5.69 Å². The van der Waals surface area contributed by atoms with Crippen molar-refractivity contribution < 1.29 is 0 Å². The van der Waals surface area contributed by atoms with E-state index in [1.165, 1.54) is 29.7 Å². The molecule has 1 aliphatic heterocycles. The van der Waals surface area contributed by atoms with Gasteiger partial charge in [-0.3, -0.25) is 0 Å². The molecule has 0 fully saturated rings. The second-order valence-corrected chi connectivity index (χ2v) is 4.53. The molecule has 1 atom stereocenters. The topological polar surface area (TPSA) is 12.0 Å². The van der Waals surface area contributed by atoms with Crippen molar-refractivity contribution in [1.82, 2.24) is 0 Å². The standard InChI is InChI=1S/C12H16ClN/c1-3-9-5-10-4-8(2)11(13)6-12(10)14-7-9/h4,6,9,14H,3,5,7H2,1-2H3. The number of aryl methyl sites for hydroxylation is 1. The fourth-order valence-corrected chi connectivity index (χ4v) is 2.16. The van der Waals surface area contributed by atoms with Gasteiger partial charge in [-0.1, -0.05) is 31.0 Å². The van der Waals surface area contributed by atoms with Gasteiger partial charge in [0.2, 0.25) is 0 Å². The SMILES string of the molecule is CCC1CNc2cc(Cl)c(C)cc2C1. The molecule has 2 heteroatoms. The van der Waals surface area contributed by atoms with E-state index in [1.54, 1.807) is 0 Å². The lowest BCUT2D eigenvalue weighted by molar-refractivity contribution is 0.520. The molecule has 0 aromatic heterocycles. The van der Waals surface area contributed by atoms with Gasteiger partial charge in [-0.05, 0) is 36.5 Å². The van der Waals surface area contributed by atoms with Gasteiger partial charge >= 0.3 is 0 Å². The molecule has 14 heavy (non-hydrogen) atoms. The van der Waals surface area contributed by atoms with E-state index in [4.69, 9.17) is 11.6 Å². The predicted molar refractivity (Wildman–Crippen MR) is 62.2 cm³/mol. The van der Waals surface area contributed by atoms with Crippen LogP contribution in [0.1, 0.15) is 24.5 Å². The fourth-order valence-electron chi connectivity index (χ4n) is 2.00. The molecular formula is C12H16ClN. The Labute approximate surface area is 90.5 Å². The Bertz CT molecular complexity index is 346. The quantitative estimate of drug-likeness (QED) is 0.745. The van der Waals surface area contributed by atoms with E-state index in [1.807, 2.05) is 0 Å². The van der Waals surface area contributed by atoms with E-state index < -0.39 is 0 Å². The van der Waals surface area contributed by atoms with E-state index in [-0.39, 0.29) is 0 Å². The third-order valence-corrected chi connectivity index (χ3v) is 3.46. The first-order valence-electron chi connectivity index (χ1n) is 5.23. The summed E-state index contributed by atoms with van der Waals surface area (Å²) < 4.78 is 0. The van der Waals surface area contributed by atoms with Crippen LogP contribution in [0.2, 0.25) is 5.02 Å². The van der Waals surface area contributed by atoms with Crippen molar-refractivity contribution in [1.29, 1.82) is 0 Å². The Morgan fingerprint density at radius 3 is 3.00 bits per heavy atom. The van der Waals surface area contributed by atoms with Crippen LogP contribution in [0.5, 0.6) is 0 Å². The molecular weight excluding hydrogens is 194 g/mol. The highest BCUT2D eigenvalue weighted by Crippen LogP contribution is 2.30. The molecule has 0 radical (unpaired) electrons. The molecule has 0 saturated heterocycles. The molecule has 1 aromatic rings. The van der Waals surface area contributed by atoms with Gasteiger partial charge in [0.1, 0.15) is 0 Å². The third kappa shape index (κ3) is 1.74. The number of hydrogen-bond acceptors (Lipinski definition) is 1. The summed E-state index contributed by atoms with van der Waals surface area (Å²) in [5, 5.41) is 4.31. The first-order valence-corrected chi connectivity index (χ1v) is 5.61. The Morgan fingerprint density at radius 2 is 2.29 bits per heavy atom. The molecule has 1 N–H and O–H groups in total. The van der Waals surface area contributed by atoms with Crippen LogP contribution in [-0.2, 0) is 6.42 Å². The summed E-state index contributed by atoms with van der Waals surface area (Å²) in [4.78, 5) is 0. The molecule has 1 aromatic carbocycles. The van der Waals surface area contributed by atoms with Crippen LogP contribution in [0.15, 0.2) is 12.1 Å². The van der Waals surface area contributed by atoms with Crippen molar-refractivity contribution in [2.24, 2.45) is 5.92 Å². The van der Waals surface area contributed by atoms with E-state index in [0.29, 0.717) is 0 Å². The number of hydrogen-bond donors (Lipinski definition) is 1. The summed E-state index contributed by atoms with van der Waals surface area (Å²) in [7, 11) is 0. The Balaban J connectivity index is 2.33. The van der Waals surface area contributed by atoms with E-state index in [2.05, 4.69) is 31.3 Å². The van der Waals surface area contributed by atoms with Crippen LogP contribution in [-0.4, -0.2) is 6.54 Å². The molecule has 1 unspecified atom stereocenters. The van der Waals surface area contributed by atoms with E-state index in [0.717, 1.165) is 17.5 Å². The lowest BCUT2D eigenvalue weighted by atomic mass is 9.91. The molecule has 1 heterocycles. The Kier molecular flexibility index (Phi) is 2.69. The number of anilines is 1. The van der Waals surface area contributed by atoms with Gasteiger partial charge in [-0.15, -0.1) is 0 Å². The average Bonchev–Trinajstić information content (AvgIpc) is 2.19. The van der Waals surface area contributed by atoms with Gasteiger partial charge in [0.15, 0.2) is 0 Å². The van der Waals surface area contributed by atoms with Crippen molar-refractivity contribution in [2.75, 3.05) is 11.9 Å². The van der Waals surface area contributed by atoms with Crippen LogP contribution in [0.25, 0.3) is 0 Å². The first-order chi connectivity index (χ1) is 6.70. The van der Waals surface area contributed by atoms with Crippen molar-refractivity contribution in [3.8, 4) is 0 Å². The van der Waals surface area contributed by atoms with Crippen LogP contribution in [0.3, 0.4) is 0 Å². The van der Waals surface area contributed by atoms with Gasteiger partial charge in [-0.2, -0.15) is 0 Å². The van der Waals surface area contributed by atoms with Crippen molar-refractivity contribution >= 4 is 17.3 Å². The molecule has 0 aliphatic carbocycles. The summed E-state index contributed by atoms with van der Waals surface area (Å²) in [6.45, 7) is 5.40. The first kappa shape index (κ1) is 9.85. The number of nitrogens with one attached hydrogen (secondary N) is 1. The maximum atomic E-state index is 6.08. The molecule has 76 valence electrons. The van der Waals surface area contributed by atoms with Crippen molar-refractivity contribution in [3.63, 3.8) is 0 Å². The summed E-state index contributed by atoms with van der Waals surface area (Å²) in [6.07, 6.45) is 2.44. The van der Waals surface area contributed by atoms with E-state index >= 15 is 0 Å². The molecule has 0 bridgehead atoms. The second-order valence-electron chi connectivity index (χ2n) is 4.12. The highest BCUT2D eigenvalue weighted by atomic mass is 35.5. The zero-order valence-corrected chi connectivity index (χ0v) is 9.49. The van der Waals surface area contributed by atoms with Gasteiger partial charge in [0, 0.05) is 17.3 Å². The summed E-state index contributed by atoms with van der Waals surface area (Å²) >= 11 is 6.08.